The molecule has 39 heavy (non-hydrogen) atoms. The summed E-state index contributed by atoms with van der Waals surface area (Å²) in [6.07, 6.45) is 0. The third kappa shape index (κ3) is 3.35. The first-order chi connectivity index (χ1) is 19.3. The summed E-state index contributed by atoms with van der Waals surface area (Å²) >= 11 is 6.65. The Morgan fingerprint density at radius 3 is 1.44 bits per heavy atom. The molecule has 0 atom stereocenters. The minimum absolute atomic E-state index is 0.717. The smallest absolute Gasteiger partial charge is 0.0555 e. The Morgan fingerprint density at radius 1 is 0.410 bits per heavy atom. The summed E-state index contributed by atoms with van der Waals surface area (Å²) in [5, 5.41) is 5.71. The number of aromatic nitrogens is 2. The molecule has 0 aliphatic rings. The van der Waals surface area contributed by atoms with E-state index in [1.54, 1.807) is 0 Å². The summed E-state index contributed by atoms with van der Waals surface area (Å²) < 4.78 is 4.71. The van der Waals surface area contributed by atoms with Crippen LogP contribution in [0.4, 0.5) is 0 Å². The van der Waals surface area contributed by atoms with E-state index in [1.807, 2.05) is 6.07 Å². The van der Waals surface area contributed by atoms with Crippen molar-refractivity contribution in [3.63, 3.8) is 0 Å². The van der Waals surface area contributed by atoms with E-state index in [9.17, 15) is 0 Å². The molecule has 2 aromatic heterocycles. The molecular weight excluding hydrogens is 496 g/mol. The molecule has 184 valence electrons. The van der Waals surface area contributed by atoms with Crippen molar-refractivity contribution in [2.24, 2.45) is 0 Å². The average Bonchev–Trinajstić information content (AvgIpc) is 3.50. The lowest BCUT2D eigenvalue weighted by Crippen LogP contribution is -1.98. The van der Waals surface area contributed by atoms with E-state index in [4.69, 9.17) is 11.6 Å². The fraction of sp³-hybridized carbons (Fsp3) is 0. The van der Waals surface area contributed by atoms with Crippen LogP contribution in [0.2, 0.25) is 5.02 Å². The van der Waals surface area contributed by atoms with E-state index in [-0.39, 0.29) is 0 Å². The molecule has 0 radical (unpaired) electrons. The zero-order valence-electron chi connectivity index (χ0n) is 21.1. The molecule has 0 aliphatic carbocycles. The molecule has 6 aromatic carbocycles. The molecule has 0 bridgehead atoms. The average molecular weight is 519 g/mol. The lowest BCUT2D eigenvalue weighted by atomic mass is 10.0. The number of halogens is 1. The van der Waals surface area contributed by atoms with Gasteiger partial charge in [-0.25, -0.2) is 0 Å². The number of benzene rings is 6. The Morgan fingerprint density at radius 2 is 0.897 bits per heavy atom. The van der Waals surface area contributed by atoms with Gasteiger partial charge < -0.3 is 9.13 Å². The minimum atomic E-state index is 0.717. The van der Waals surface area contributed by atoms with E-state index >= 15 is 0 Å². The van der Waals surface area contributed by atoms with Crippen molar-refractivity contribution in [3.05, 3.63) is 145 Å². The molecule has 2 nitrogen and oxygen atoms in total. The zero-order valence-corrected chi connectivity index (χ0v) is 21.8. The molecule has 0 spiro atoms. The van der Waals surface area contributed by atoms with Crippen LogP contribution in [0.15, 0.2) is 140 Å². The second-order valence-corrected chi connectivity index (χ2v) is 10.4. The normalized spacial score (nSPS) is 11.7. The van der Waals surface area contributed by atoms with Gasteiger partial charge >= 0.3 is 0 Å². The van der Waals surface area contributed by atoms with Gasteiger partial charge in [-0.2, -0.15) is 0 Å². The van der Waals surface area contributed by atoms with Gasteiger partial charge in [0.25, 0.3) is 0 Å². The third-order valence-corrected chi connectivity index (χ3v) is 8.01. The van der Waals surface area contributed by atoms with Crippen molar-refractivity contribution in [2.75, 3.05) is 0 Å². The minimum Gasteiger partial charge on any atom is -0.309 e. The highest BCUT2D eigenvalue weighted by molar-refractivity contribution is 6.31. The van der Waals surface area contributed by atoms with Crippen molar-refractivity contribution in [1.29, 1.82) is 0 Å². The predicted octanol–water partition coefficient (Wildman–Crippen LogP) is 10.2. The SMILES string of the molecule is Clc1ccc(-c2cccc(-n3c4ccccc4c4ccccc43)c2)c(-n2c3ccccc3c3ccccc32)c1. The van der Waals surface area contributed by atoms with Gasteiger partial charge in [0.1, 0.15) is 0 Å². The van der Waals surface area contributed by atoms with Crippen molar-refractivity contribution in [1.82, 2.24) is 9.13 Å². The van der Waals surface area contributed by atoms with Gasteiger partial charge in [0.15, 0.2) is 0 Å². The van der Waals surface area contributed by atoms with Crippen molar-refractivity contribution >= 4 is 55.2 Å². The van der Waals surface area contributed by atoms with E-state index in [0.717, 1.165) is 22.5 Å². The Hall–Kier alpha value is -4.79. The quantitative estimate of drug-likeness (QED) is 0.220. The van der Waals surface area contributed by atoms with Crippen LogP contribution in [0.5, 0.6) is 0 Å². The Labute approximate surface area is 230 Å². The van der Waals surface area contributed by atoms with Crippen LogP contribution in [0, 0.1) is 0 Å². The standard InChI is InChI=1S/C36H23ClN2/c37-25-20-21-27(36(23-25)39-34-18-7-3-14-30(34)31-15-4-8-19-35(31)39)24-10-9-11-26(22-24)38-32-16-5-1-12-28(32)29-13-2-6-17-33(29)38/h1-23H. The Balaban J connectivity index is 1.40. The van der Waals surface area contributed by atoms with E-state index in [1.165, 1.54) is 43.6 Å². The number of fused-ring (bicyclic) bond motifs is 6. The van der Waals surface area contributed by atoms with Gasteiger partial charge in [-0.1, -0.05) is 103 Å². The second kappa shape index (κ2) is 8.62. The monoisotopic (exact) mass is 518 g/mol. The van der Waals surface area contributed by atoms with Gasteiger partial charge in [-0.3, -0.25) is 0 Å². The van der Waals surface area contributed by atoms with Crippen LogP contribution in [0.1, 0.15) is 0 Å². The maximum atomic E-state index is 6.65. The van der Waals surface area contributed by atoms with Crippen LogP contribution in [0.25, 0.3) is 66.1 Å². The lowest BCUT2D eigenvalue weighted by Gasteiger charge is -2.16. The van der Waals surface area contributed by atoms with Crippen LogP contribution < -0.4 is 0 Å². The molecule has 0 saturated carbocycles. The molecule has 0 fully saturated rings. The molecule has 3 heteroatoms. The summed E-state index contributed by atoms with van der Waals surface area (Å²) in [6.45, 7) is 0. The lowest BCUT2D eigenvalue weighted by molar-refractivity contribution is 1.17. The molecule has 8 aromatic rings. The Bertz CT molecular complexity index is 2090. The zero-order chi connectivity index (χ0) is 25.9. The molecule has 0 unspecified atom stereocenters. The maximum Gasteiger partial charge on any atom is 0.0555 e. The van der Waals surface area contributed by atoms with Crippen LogP contribution in [0.3, 0.4) is 0 Å². The predicted molar refractivity (Wildman–Crippen MR) is 166 cm³/mol. The van der Waals surface area contributed by atoms with E-state index in [2.05, 4.69) is 143 Å². The van der Waals surface area contributed by atoms with Crippen molar-refractivity contribution < 1.29 is 0 Å². The largest absolute Gasteiger partial charge is 0.309 e. The van der Waals surface area contributed by atoms with Crippen LogP contribution >= 0.6 is 11.6 Å². The molecule has 0 aliphatic heterocycles. The molecule has 0 N–H and O–H groups in total. The Kier molecular flexibility index (Phi) is 4.91. The summed E-state index contributed by atoms with van der Waals surface area (Å²) in [5.74, 6) is 0. The number of rotatable bonds is 3. The summed E-state index contributed by atoms with van der Waals surface area (Å²) in [7, 11) is 0. The summed E-state index contributed by atoms with van der Waals surface area (Å²) in [6, 6.07) is 49.5. The molecule has 0 saturated heterocycles. The van der Waals surface area contributed by atoms with E-state index in [0.29, 0.717) is 5.02 Å². The first-order valence-corrected chi connectivity index (χ1v) is 13.5. The first kappa shape index (κ1) is 22.2. The van der Waals surface area contributed by atoms with E-state index < -0.39 is 0 Å². The number of hydrogen-bond acceptors (Lipinski definition) is 0. The first-order valence-electron chi connectivity index (χ1n) is 13.1. The van der Waals surface area contributed by atoms with Crippen molar-refractivity contribution in [2.45, 2.75) is 0 Å². The van der Waals surface area contributed by atoms with Gasteiger partial charge in [0.05, 0.1) is 27.8 Å². The topological polar surface area (TPSA) is 9.86 Å². The summed E-state index contributed by atoms with van der Waals surface area (Å²) in [5.41, 5.74) is 9.22. The van der Waals surface area contributed by atoms with Crippen LogP contribution in [-0.2, 0) is 0 Å². The maximum absolute atomic E-state index is 6.65. The third-order valence-electron chi connectivity index (χ3n) is 7.78. The highest BCUT2D eigenvalue weighted by atomic mass is 35.5. The number of nitrogens with zero attached hydrogens (tertiary/aromatic N) is 2. The number of hydrogen-bond donors (Lipinski definition) is 0. The molecular formula is C36H23ClN2. The fourth-order valence-electron chi connectivity index (χ4n) is 6.13. The molecule has 2 heterocycles. The number of para-hydroxylation sites is 4. The van der Waals surface area contributed by atoms with Gasteiger partial charge in [-0.15, -0.1) is 0 Å². The molecule has 0 amide bonds. The fourth-order valence-corrected chi connectivity index (χ4v) is 6.30. The highest BCUT2D eigenvalue weighted by Crippen LogP contribution is 2.38. The van der Waals surface area contributed by atoms with Gasteiger partial charge in [-0.05, 0) is 54.1 Å². The molecule has 8 rings (SSSR count). The van der Waals surface area contributed by atoms with Crippen molar-refractivity contribution in [3.8, 4) is 22.5 Å². The summed E-state index contributed by atoms with van der Waals surface area (Å²) in [4.78, 5) is 0. The highest BCUT2D eigenvalue weighted by Gasteiger charge is 2.17. The van der Waals surface area contributed by atoms with Gasteiger partial charge in [0.2, 0.25) is 0 Å². The second-order valence-electron chi connectivity index (χ2n) is 9.95. The van der Waals surface area contributed by atoms with Gasteiger partial charge in [0, 0.05) is 37.8 Å². The van der Waals surface area contributed by atoms with Crippen LogP contribution in [-0.4, -0.2) is 9.13 Å².